The summed E-state index contributed by atoms with van der Waals surface area (Å²) in [6.07, 6.45) is 6.99. The quantitative estimate of drug-likeness (QED) is 0.846. The molecule has 6 heteroatoms. The highest BCUT2D eigenvalue weighted by atomic mass is 16.5. The molecular weight excluding hydrogens is 304 g/mol. The molecule has 3 fully saturated rings. The number of nitrogens with zero attached hydrogens (tertiary/aromatic N) is 4. The first-order valence-electron chi connectivity index (χ1n) is 9.46. The summed E-state index contributed by atoms with van der Waals surface area (Å²) in [5.74, 6) is 3.94. The van der Waals surface area contributed by atoms with Crippen molar-refractivity contribution in [3.8, 4) is 0 Å². The summed E-state index contributed by atoms with van der Waals surface area (Å²) in [6.45, 7) is 6.68. The second-order valence-corrected chi connectivity index (χ2v) is 7.90. The zero-order valence-electron chi connectivity index (χ0n) is 14.6. The SMILES string of the molecule is Cc1nc(CN2CCC(CC(=O)N3CC4CCCC4C3)CC2)no1. The van der Waals surface area contributed by atoms with E-state index in [2.05, 4.69) is 19.9 Å². The zero-order chi connectivity index (χ0) is 16.5. The minimum Gasteiger partial charge on any atom is -0.342 e. The van der Waals surface area contributed by atoms with Gasteiger partial charge in [-0.25, -0.2) is 0 Å². The molecule has 2 saturated heterocycles. The van der Waals surface area contributed by atoms with Crippen LogP contribution in [0.1, 0.15) is 50.2 Å². The van der Waals surface area contributed by atoms with E-state index < -0.39 is 0 Å². The van der Waals surface area contributed by atoms with Crippen molar-refractivity contribution < 1.29 is 9.32 Å². The molecule has 132 valence electrons. The fourth-order valence-electron chi connectivity index (χ4n) is 4.77. The molecule has 0 N–H and O–H groups in total. The number of fused-ring (bicyclic) bond motifs is 1. The van der Waals surface area contributed by atoms with Crippen LogP contribution in [0.2, 0.25) is 0 Å². The lowest BCUT2D eigenvalue weighted by Gasteiger charge is -2.31. The van der Waals surface area contributed by atoms with E-state index in [0.29, 0.717) is 17.7 Å². The fraction of sp³-hybridized carbons (Fsp3) is 0.833. The fourth-order valence-corrected chi connectivity index (χ4v) is 4.77. The summed E-state index contributed by atoms with van der Waals surface area (Å²) in [4.78, 5) is 21.4. The van der Waals surface area contributed by atoms with E-state index in [1.165, 1.54) is 19.3 Å². The van der Waals surface area contributed by atoms with Crippen molar-refractivity contribution in [2.45, 2.75) is 52.0 Å². The van der Waals surface area contributed by atoms with Gasteiger partial charge in [-0.15, -0.1) is 0 Å². The third-order valence-electron chi connectivity index (χ3n) is 6.18. The maximum absolute atomic E-state index is 12.6. The zero-order valence-corrected chi connectivity index (χ0v) is 14.6. The largest absolute Gasteiger partial charge is 0.342 e. The molecule has 6 nitrogen and oxygen atoms in total. The second kappa shape index (κ2) is 6.82. The lowest BCUT2D eigenvalue weighted by atomic mass is 9.93. The molecule has 2 aliphatic heterocycles. The first-order chi connectivity index (χ1) is 11.7. The number of aromatic nitrogens is 2. The van der Waals surface area contributed by atoms with E-state index in [9.17, 15) is 4.79 Å². The average molecular weight is 332 g/mol. The normalized spacial score (nSPS) is 28.5. The van der Waals surface area contributed by atoms with Crippen LogP contribution in [0.5, 0.6) is 0 Å². The first kappa shape index (κ1) is 16.1. The van der Waals surface area contributed by atoms with Crippen LogP contribution in [0.15, 0.2) is 4.52 Å². The van der Waals surface area contributed by atoms with Gasteiger partial charge in [-0.1, -0.05) is 11.6 Å². The highest BCUT2D eigenvalue weighted by molar-refractivity contribution is 5.76. The number of aryl methyl sites for hydroxylation is 1. The molecule has 3 heterocycles. The summed E-state index contributed by atoms with van der Waals surface area (Å²) in [5.41, 5.74) is 0. The lowest BCUT2D eigenvalue weighted by Crippen LogP contribution is -2.37. The van der Waals surface area contributed by atoms with Crippen LogP contribution in [0.4, 0.5) is 0 Å². The minimum absolute atomic E-state index is 0.400. The Morgan fingerprint density at radius 3 is 2.50 bits per heavy atom. The van der Waals surface area contributed by atoms with Crippen LogP contribution in [0, 0.1) is 24.7 Å². The predicted molar refractivity (Wildman–Crippen MR) is 89.1 cm³/mol. The molecule has 0 aromatic carbocycles. The number of hydrogen-bond acceptors (Lipinski definition) is 5. The van der Waals surface area contributed by atoms with E-state index in [-0.39, 0.29) is 0 Å². The van der Waals surface area contributed by atoms with E-state index in [1.807, 2.05) is 6.92 Å². The number of amides is 1. The topological polar surface area (TPSA) is 62.5 Å². The molecule has 4 rings (SSSR count). The van der Waals surface area contributed by atoms with Crippen molar-refractivity contribution in [1.29, 1.82) is 0 Å². The second-order valence-electron chi connectivity index (χ2n) is 7.90. The molecule has 2 unspecified atom stereocenters. The summed E-state index contributed by atoms with van der Waals surface area (Å²) in [5, 5.41) is 3.97. The van der Waals surface area contributed by atoms with E-state index in [4.69, 9.17) is 4.52 Å². The maximum Gasteiger partial charge on any atom is 0.223 e. The van der Waals surface area contributed by atoms with Crippen molar-refractivity contribution in [2.75, 3.05) is 26.2 Å². The van der Waals surface area contributed by atoms with Gasteiger partial charge in [0.05, 0.1) is 6.54 Å². The average Bonchev–Trinajstić information content (AvgIpc) is 3.25. The lowest BCUT2D eigenvalue weighted by molar-refractivity contribution is -0.131. The molecule has 1 aromatic rings. The van der Waals surface area contributed by atoms with Gasteiger partial charge in [0.1, 0.15) is 0 Å². The molecule has 0 radical (unpaired) electrons. The van der Waals surface area contributed by atoms with Crippen LogP contribution >= 0.6 is 0 Å². The molecule has 24 heavy (non-hydrogen) atoms. The predicted octanol–water partition coefficient (Wildman–Crippen LogP) is 2.24. The summed E-state index contributed by atoms with van der Waals surface area (Å²) in [6, 6.07) is 0. The van der Waals surface area contributed by atoms with E-state index in [1.54, 1.807) is 0 Å². The molecule has 2 atom stereocenters. The summed E-state index contributed by atoms with van der Waals surface area (Å²) < 4.78 is 5.03. The van der Waals surface area contributed by atoms with Gasteiger partial charge in [0.25, 0.3) is 0 Å². The van der Waals surface area contributed by atoms with Crippen LogP contribution in [-0.4, -0.2) is 52.0 Å². The Morgan fingerprint density at radius 2 is 1.88 bits per heavy atom. The van der Waals surface area contributed by atoms with Gasteiger partial charge in [0, 0.05) is 26.4 Å². The molecule has 3 aliphatic rings. The van der Waals surface area contributed by atoms with Crippen LogP contribution < -0.4 is 0 Å². The highest BCUT2D eigenvalue weighted by Crippen LogP contribution is 2.38. The van der Waals surface area contributed by atoms with Crippen LogP contribution in [0.3, 0.4) is 0 Å². The monoisotopic (exact) mass is 332 g/mol. The third kappa shape index (κ3) is 3.48. The van der Waals surface area contributed by atoms with Gasteiger partial charge < -0.3 is 9.42 Å². The standard InChI is InChI=1S/C18H28N4O2/c1-13-19-17(20-24-13)12-21-7-5-14(6-8-21)9-18(23)22-10-15-3-2-4-16(15)11-22/h14-16H,2-12H2,1H3. The summed E-state index contributed by atoms with van der Waals surface area (Å²) >= 11 is 0. The Kier molecular flexibility index (Phi) is 4.57. The molecule has 0 bridgehead atoms. The van der Waals surface area contributed by atoms with Gasteiger partial charge >= 0.3 is 0 Å². The van der Waals surface area contributed by atoms with Crippen molar-refractivity contribution in [3.05, 3.63) is 11.7 Å². The van der Waals surface area contributed by atoms with Crippen molar-refractivity contribution in [3.63, 3.8) is 0 Å². The van der Waals surface area contributed by atoms with Crippen molar-refractivity contribution in [1.82, 2.24) is 19.9 Å². The number of rotatable bonds is 4. The number of hydrogen-bond donors (Lipinski definition) is 0. The van der Waals surface area contributed by atoms with Gasteiger partial charge in [-0.05, 0) is 56.5 Å². The van der Waals surface area contributed by atoms with Crippen LogP contribution in [-0.2, 0) is 11.3 Å². The minimum atomic E-state index is 0.400. The Labute approximate surface area is 143 Å². The molecule has 1 aliphatic carbocycles. The van der Waals surface area contributed by atoms with Crippen LogP contribution in [0.25, 0.3) is 0 Å². The van der Waals surface area contributed by atoms with Crippen molar-refractivity contribution in [2.24, 2.45) is 17.8 Å². The Hall–Kier alpha value is -1.43. The maximum atomic E-state index is 12.6. The molecule has 1 aromatic heterocycles. The Bertz CT molecular complexity index is 567. The molecule has 0 spiro atoms. The number of likely N-dealkylation sites (tertiary alicyclic amines) is 2. The number of carbonyl (C=O) groups excluding carboxylic acids is 1. The Balaban J connectivity index is 1.21. The number of carbonyl (C=O) groups is 1. The third-order valence-corrected chi connectivity index (χ3v) is 6.18. The molecular formula is C18H28N4O2. The summed E-state index contributed by atoms with van der Waals surface area (Å²) in [7, 11) is 0. The Morgan fingerprint density at radius 1 is 1.17 bits per heavy atom. The smallest absolute Gasteiger partial charge is 0.223 e. The van der Waals surface area contributed by atoms with Gasteiger partial charge in [-0.3, -0.25) is 9.69 Å². The molecule has 1 saturated carbocycles. The van der Waals surface area contributed by atoms with E-state index in [0.717, 1.165) is 69.6 Å². The highest BCUT2D eigenvalue weighted by Gasteiger charge is 2.38. The van der Waals surface area contributed by atoms with Gasteiger partial charge in [0.15, 0.2) is 5.82 Å². The first-order valence-corrected chi connectivity index (χ1v) is 9.46. The van der Waals surface area contributed by atoms with Gasteiger partial charge in [0.2, 0.25) is 11.8 Å². The van der Waals surface area contributed by atoms with E-state index >= 15 is 0 Å². The van der Waals surface area contributed by atoms with Crippen molar-refractivity contribution >= 4 is 5.91 Å². The molecule has 1 amide bonds. The number of piperidine rings is 1. The van der Waals surface area contributed by atoms with Gasteiger partial charge in [-0.2, -0.15) is 4.98 Å².